The van der Waals surface area contributed by atoms with Crippen molar-refractivity contribution in [1.29, 1.82) is 0 Å². The molecule has 1 atom stereocenters. The van der Waals surface area contributed by atoms with Crippen LogP contribution in [-0.4, -0.2) is 40.9 Å². The molecule has 0 N–H and O–H groups in total. The maximum absolute atomic E-state index is 12.1. The average Bonchev–Trinajstić information content (AvgIpc) is 3.07. The van der Waals surface area contributed by atoms with Gasteiger partial charge in [-0.3, -0.25) is 4.79 Å². The Morgan fingerprint density at radius 2 is 2.04 bits per heavy atom. The van der Waals surface area contributed by atoms with Crippen molar-refractivity contribution in [1.82, 2.24) is 15.0 Å². The molecule has 1 saturated heterocycles. The first-order valence-corrected chi connectivity index (χ1v) is 7.21. The molecule has 1 aromatic heterocycles. The van der Waals surface area contributed by atoms with Crippen LogP contribution in [0.25, 0.3) is 0 Å². The molecule has 3 rings (SSSR count). The van der Waals surface area contributed by atoms with Gasteiger partial charge in [-0.1, -0.05) is 17.3 Å². The van der Waals surface area contributed by atoms with Crippen molar-refractivity contribution in [3.8, 4) is 5.75 Å². The topological polar surface area (TPSA) is 68.5 Å². The van der Waals surface area contributed by atoms with Gasteiger partial charge in [-0.15, -0.1) is 13.2 Å². The fourth-order valence-corrected chi connectivity index (χ4v) is 2.53. The number of carbonyl (C=O) groups is 1. The summed E-state index contributed by atoms with van der Waals surface area (Å²) in [6, 6.07) is 5.47. The largest absolute Gasteiger partial charge is 0.573 e. The molecule has 24 heavy (non-hydrogen) atoms. The first-order chi connectivity index (χ1) is 11.3. The SMILES string of the molecule is CN1C[C@@H](c2nc(Cc3ccc(OC(F)(F)F)cc3)no2)CC1=O. The van der Waals surface area contributed by atoms with Gasteiger partial charge in [-0.25, -0.2) is 0 Å². The van der Waals surface area contributed by atoms with E-state index in [0.717, 1.165) is 5.56 Å². The van der Waals surface area contributed by atoms with Crippen LogP contribution in [0.4, 0.5) is 13.2 Å². The van der Waals surface area contributed by atoms with Crippen LogP contribution in [0.2, 0.25) is 0 Å². The molecule has 1 amide bonds. The fourth-order valence-electron chi connectivity index (χ4n) is 2.53. The zero-order chi connectivity index (χ0) is 17.3. The normalized spacial score (nSPS) is 18.2. The van der Waals surface area contributed by atoms with Gasteiger partial charge in [0, 0.05) is 26.4 Å². The number of halogens is 3. The molecule has 2 aromatic rings. The number of carbonyl (C=O) groups excluding carboxylic acids is 1. The van der Waals surface area contributed by atoms with Gasteiger partial charge in [0.1, 0.15) is 5.75 Å². The molecule has 0 spiro atoms. The highest BCUT2D eigenvalue weighted by Gasteiger charge is 2.32. The van der Waals surface area contributed by atoms with Gasteiger partial charge in [-0.05, 0) is 17.7 Å². The molecule has 0 aliphatic carbocycles. The molecule has 0 unspecified atom stereocenters. The Hall–Kier alpha value is -2.58. The van der Waals surface area contributed by atoms with Crippen molar-refractivity contribution in [2.75, 3.05) is 13.6 Å². The average molecular weight is 341 g/mol. The van der Waals surface area contributed by atoms with Crippen molar-refractivity contribution < 1.29 is 27.2 Å². The third kappa shape index (κ3) is 3.84. The number of benzene rings is 1. The molecule has 6 nitrogen and oxygen atoms in total. The van der Waals surface area contributed by atoms with Gasteiger partial charge >= 0.3 is 6.36 Å². The highest BCUT2D eigenvalue weighted by atomic mass is 19.4. The van der Waals surface area contributed by atoms with E-state index in [0.29, 0.717) is 31.1 Å². The number of alkyl halides is 3. The van der Waals surface area contributed by atoms with Crippen LogP contribution in [0.1, 0.15) is 29.6 Å². The highest BCUT2D eigenvalue weighted by molar-refractivity contribution is 5.79. The first-order valence-electron chi connectivity index (χ1n) is 7.21. The Bertz CT molecular complexity index is 728. The smallest absolute Gasteiger partial charge is 0.406 e. The minimum Gasteiger partial charge on any atom is -0.406 e. The van der Waals surface area contributed by atoms with Crippen LogP contribution < -0.4 is 4.74 Å². The molecule has 128 valence electrons. The van der Waals surface area contributed by atoms with Gasteiger partial charge in [0.05, 0.1) is 5.92 Å². The van der Waals surface area contributed by atoms with E-state index in [1.54, 1.807) is 11.9 Å². The monoisotopic (exact) mass is 341 g/mol. The van der Waals surface area contributed by atoms with E-state index < -0.39 is 6.36 Å². The second kappa shape index (κ2) is 6.14. The summed E-state index contributed by atoms with van der Waals surface area (Å²) in [6.45, 7) is 0.532. The maximum Gasteiger partial charge on any atom is 0.573 e. The van der Waals surface area contributed by atoms with Crippen molar-refractivity contribution in [2.24, 2.45) is 0 Å². The number of hydrogen-bond donors (Lipinski definition) is 0. The lowest BCUT2D eigenvalue weighted by Gasteiger charge is -2.08. The molecule has 1 aromatic carbocycles. The molecule has 1 fully saturated rings. The van der Waals surface area contributed by atoms with Crippen LogP contribution in [0.5, 0.6) is 5.75 Å². The molecule has 9 heteroatoms. The maximum atomic E-state index is 12.1. The van der Waals surface area contributed by atoms with Gasteiger partial charge in [0.25, 0.3) is 0 Å². The molecule has 1 aliphatic heterocycles. The molecular weight excluding hydrogens is 327 g/mol. The number of amides is 1. The summed E-state index contributed by atoms with van der Waals surface area (Å²) in [7, 11) is 1.71. The van der Waals surface area contributed by atoms with Gasteiger partial charge in [0.15, 0.2) is 5.82 Å². The highest BCUT2D eigenvalue weighted by Crippen LogP contribution is 2.26. The van der Waals surface area contributed by atoms with E-state index in [2.05, 4.69) is 14.9 Å². The summed E-state index contributed by atoms with van der Waals surface area (Å²) < 4.78 is 45.3. The predicted molar refractivity (Wildman–Crippen MR) is 75.2 cm³/mol. The second-order valence-corrected chi connectivity index (χ2v) is 5.59. The van der Waals surface area contributed by atoms with Crippen molar-refractivity contribution >= 4 is 5.91 Å². The van der Waals surface area contributed by atoms with Crippen LogP contribution in [0.15, 0.2) is 28.8 Å². The summed E-state index contributed by atoms with van der Waals surface area (Å²) in [5.74, 6) is 0.440. The number of ether oxygens (including phenoxy) is 1. The number of rotatable bonds is 4. The summed E-state index contributed by atoms with van der Waals surface area (Å²) in [6.07, 6.45) is -4.07. The summed E-state index contributed by atoms with van der Waals surface area (Å²) in [5, 5.41) is 3.86. The molecule has 2 heterocycles. The number of nitrogens with zero attached hydrogens (tertiary/aromatic N) is 3. The van der Waals surface area contributed by atoms with Gasteiger partial charge in [0.2, 0.25) is 11.8 Å². The van der Waals surface area contributed by atoms with Crippen LogP contribution in [0.3, 0.4) is 0 Å². The fraction of sp³-hybridized carbons (Fsp3) is 0.400. The zero-order valence-electron chi connectivity index (χ0n) is 12.7. The first kappa shape index (κ1) is 16.3. The Balaban J connectivity index is 1.64. The third-order valence-electron chi connectivity index (χ3n) is 3.69. The standard InChI is InChI=1S/C15H14F3N3O3/c1-21-8-10(7-13(21)22)14-19-12(20-24-14)6-9-2-4-11(5-3-9)23-15(16,17)18/h2-5,10H,6-8H2,1H3/t10-/m0/s1. The van der Waals surface area contributed by atoms with Crippen LogP contribution in [0, 0.1) is 0 Å². The van der Waals surface area contributed by atoms with E-state index in [4.69, 9.17) is 4.52 Å². The van der Waals surface area contributed by atoms with Crippen LogP contribution >= 0.6 is 0 Å². The van der Waals surface area contributed by atoms with E-state index in [1.807, 2.05) is 0 Å². The van der Waals surface area contributed by atoms with Crippen molar-refractivity contribution in [3.05, 3.63) is 41.5 Å². The summed E-state index contributed by atoms with van der Waals surface area (Å²) >= 11 is 0. The number of aromatic nitrogens is 2. The number of hydrogen-bond acceptors (Lipinski definition) is 5. The van der Waals surface area contributed by atoms with Crippen molar-refractivity contribution in [3.63, 3.8) is 0 Å². The van der Waals surface area contributed by atoms with E-state index in [9.17, 15) is 18.0 Å². The Morgan fingerprint density at radius 3 is 2.62 bits per heavy atom. The van der Waals surface area contributed by atoms with E-state index in [-0.39, 0.29) is 17.6 Å². The van der Waals surface area contributed by atoms with Crippen molar-refractivity contribution in [2.45, 2.75) is 25.1 Å². The Morgan fingerprint density at radius 1 is 1.33 bits per heavy atom. The molecular formula is C15H14F3N3O3. The minimum absolute atomic E-state index is 0.0278. The van der Waals surface area contributed by atoms with Crippen LogP contribution in [-0.2, 0) is 11.2 Å². The summed E-state index contributed by atoms with van der Waals surface area (Å²) in [4.78, 5) is 17.4. The Kier molecular flexibility index (Phi) is 4.16. The second-order valence-electron chi connectivity index (χ2n) is 5.59. The summed E-state index contributed by atoms with van der Waals surface area (Å²) in [5.41, 5.74) is 0.719. The Labute approximate surface area is 135 Å². The lowest BCUT2D eigenvalue weighted by Crippen LogP contribution is -2.18. The number of likely N-dealkylation sites (N-methyl/N-ethyl adjacent to an activating group) is 1. The van der Waals surface area contributed by atoms with Gasteiger partial charge in [-0.2, -0.15) is 4.98 Å². The lowest BCUT2D eigenvalue weighted by atomic mass is 10.1. The van der Waals surface area contributed by atoms with Gasteiger partial charge < -0.3 is 14.2 Å². The molecule has 0 bridgehead atoms. The molecule has 1 aliphatic rings. The number of likely N-dealkylation sites (tertiary alicyclic amines) is 1. The third-order valence-corrected chi connectivity index (χ3v) is 3.69. The lowest BCUT2D eigenvalue weighted by molar-refractivity contribution is -0.274. The molecule has 0 saturated carbocycles. The zero-order valence-corrected chi connectivity index (χ0v) is 12.7. The van der Waals surface area contributed by atoms with E-state index >= 15 is 0 Å². The minimum atomic E-state index is -4.71. The molecule has 0 radical (unpaired) electrons. The van der Waals surface area contributed by atoms with E-state index in [1.165, 1.54) is 24.3 Å². The predicted octanol–water partition coefficient (Wildman–Crippen LogP) is 2.50. The quantitative estimate of drug-likeness (QED) is 0.855.